The smallest absolute Gasteiger partial charge is 0.315 e. The topological polar surface area (TPSA) is 61.4 Å². The number of aliphatic hydroxyl groups is 1. The van der Waals surface area contributed by atoms with E-state index in [-0.39, 0.29) is 18.5 Å². The van der Waals surface area contributed by atoms with Gasteiger partial charge in [-0.3, -0.25) is 0 Å². The molecule has 18 heavy (non-hydrogen) atoms. The van der Waals surface area contributed by atoms with Crippen molar-refractivity contribution in [2.24, 2.45) is 0 Å². The molecule has 2 amide bonds. The Labute approximate surface area is 106 Å². The largest absolute Gasteiger partial charge is 0.396 e. The van der Waals surface area contributed by atoms with Crippen molar-refractivity contribution in [1.29, 1.82) is 0 Å². The summed E-state index contributed by atoms with van der Waals surface area (Å²) >= 11 is 0. The van der Waals surface area contributed by atoms with E-state index in [9.17, 15) is 9.18 Å². The Bertz CT molecular complexity index is 408. The standard InChI is InChI=1S/C13H19FN2O2/c1-13(2,10-6-3-4-7-11(10)14)16-12(18)15-8-5-9-17/h3-4,6-7,17H,5,8-9H2,1-2H3,(H2,15,16,18). The van der Waals surface area contributed by atoms with E-state index in [0.717, 1.165) is 0 Å². The predicted molar refractivity (Wildman–Crippen MR) is 67.7 cm³/mol. The van der Waals surface area contributed by atoms with Crippen LogP contribution in [0.25, 0.3) is 0 Å². The number of amides is 2. The van der Waals surface area contributed by atoms with Gasteiger partial charge in [0.1, 0.15) is 5.82 Å². The first-order chi connectivity index (χ1) is 8.47. The zero-order chi connectivity index (χ0) is 13.6. The molecule has 0 spiro atoms. The molecule has 0 saturated carbocycles. The number of rotatable bonds is 5. The summed E-state index contributed by atoms with van der Waals surface area (Å²) in [6.45, 7) is 3.88. The molecule has 1 aromatic rings. The summed E-state index contributed by atoms with van der Waals surface area (Å²) in [4.78, 5) is 11.6. The van der Waals surface area contributed by atoms with Crippen LogP contribution in [0.4, 0.5) is 9.18 Å². The lowest BCUT2D eigenvalue weighted by Gasteiger charge is -2.27. The van der Waals surface area contributed by atoms with Gasteiger partial charge < -0.3 is 15.7 Å². The fourth-order valence-electron chi connectivity index (χ4n) is 1.64. The second-order valence-corrected chi connectivity index (χ2v) is 4.56. The Morgan fingerprint density at radius 1 is 1.39 bits per heavy atom. The molecule has 0 saturated heterocycles. The first-order valence-electron chi connectivity index (χ1n) is 5.89. The zero-order valence-corrected chi connectivity index (χ0v) is 10.7. The number of hydrogen-bond acceptors (Lipinski definition) is 2. The Morgan fingerprint density at radius 3 is 2.67 bits per heavy atom. The summed E-state index contributed by atoms with van der Waals surface area (Å²) < 4.78 is 13.6. The molecule has 0 bridgehead atoms. The number of benzene rings is 1. The van der Waals surface area contributed by atoms with E-state index < -0.39 is 5.54 Å². The van der Waals surface area contributed by atoms with Crippen molar-refractivity contribution in [1.82, 2.24) is 10.6 Å². The highest BCUT2D eigenvalue weighted by molar-refractivity contribution is 5.74. The number of halogens is 1. The van der Waals surface area contributed by atoms with Crippen molar-refractivity contribution < 1.29 is 14.3 Å². The monoisotopic (exact) mass is 254 g/mol. The Kier molecular flexibility index (Phi) is 5.09. The molecule has 0 aliphatic carbocycles. The van der Waals surface area contributed by atoms with Crippen LogP contribution in [0, 0.1) is 5.82 Å². The van der Waals surface area contributed by atoms with E-state index in [1.165, 1.54) is 6.07 Å². The minimum Gasteiger partial charge on any atom is -0.396 e. The van der Waals surface area contributed by atoms with Gasteiger partial charge in [0.25, 0.3) is 0 Å². The Morgan fingerprint density at radius 2 is 2.06 bits per heavy atom. The fourth-order valence-corrected chi connectivity index (χ4v) is 1.64. The van der Waals surface area contributed by atoms with Crippen molar-refractivity contribution in [3.05, 3.63) is 35.6 Å². The molecule has 0 aliphatic heterocycles. The van der Waals surface area contributed by atoms with Crippen molar-refractivity contribution in [2.45, 2.75) is 25.8 Å². The van der Waals surface area contributed by atoms with Crippen LogP contribution in [0.5, 0.6) is 0 Å². The van der Waals surface area contributed by atoms with E-state index in [4.69, 9.17) is 5.11 Å². The highest BCUT2D eigenvalue weighted by Crippen LogP contribution is 2.22. The molecule has 0 radical (unpaired) electrons. The summed E-state index contributed by atoms with van der Waals surface area (Å²) in [5.74, 6) is -0.349. The van der Waals surface area contributed by atoms with Gasteiger partial charge in [-0.2, -0.15) is 0 Å². The maximum absolute atomic E-state index is 13.6. The normalized spacial score (nSPS) is 11.1. The van der Waals surface area contributed by atoms with Crippen molar-refractivity contribution in [3.63, 3.8) is 0 Å². The first kappa shape index (κ1) is 14.4. The van der Waals surface area contributed by atoms with Crippen LogP contribution in [0.15, 0.2) is 24.3 Å². The third-order valence-corrected chi connectivity index (χ3v) is 2.59. The van der Waals surface area contributed by atoms with E-state index in [1.54, 1.807) is 32.0 Å². The van der Waals surface area contributed by atoms with Gasteiger partial charge in [-0.15, -0.1) is 0 Å². The van der Waals surface area contributed by atoms with Crippen LogP contribution >= 0.6 is 0 Å². The number of nitrogens with one attached hydrogen (secondary N) is 2. The highest BCUT2D eigenvalue weighted by Gasteiger charge is 2.25. The molecule has 3 N–H and O–H groups in total. The molecular weight excluding hydrogens is 235 g/mol. The highest BCUT2D eigenvalue weighted by atomic mass is 19.1. The number of aliphatic hydroxyl groups excluding tert-OH is 1. The molecule has 0 atom stereocenters. The lowest BCUT2D eigenvalue weighted by molar-refractivity contribution is 0.227. The maximum Gasteiger partial charge on any atom is 0.315 e. The van der Waals surface area contributed by atoms with E-state index in [2.05, 4.69) is 10.6 Å². The van der Waals surface area contributed by atoms with Crippen molar-refractivity contribution in [2.75, 3.05) is 13.2 Å². The van der Waals surface area contributed by atoms with E-state index in [0.29, 0.717) is 18.5 Å². The quantitative estimate of drug-likeness (QED) is 0.701. The van der Waals surface area contributed by atoms with E-state index >= 15 is 0 Å². The van der Waals surface area contributed by atoms with Crippen LogP contribution in [0.1, 0.15) is 25.8 Å². The van der Waals surface area contributed by atoms with Gasteiger partial charge in [0.2, 0.25) is 0 Å². The van der Waals surface area contributed by atoms with Crippen LogP contribution in [0.3, 0.4) is 0 Å². The SMILES string of the molecule is CC(C)(NC(=O)NCCCO)c1ccccc1F. The van der Waals surface area contributed by atoms with Gasteiger partial charge in [-0.1, -0.05) is 18.2 Å². The van der Waals surface area contributed by atoms with Crippen LogP contribution < -0.4 is 10.6 Å². The summed E-state index contributed by atoms with van der Waals surface area (Å²) in [5, 5.41) is 13.9. The number of urea groups is 1. The maximum atomic E-state index is 13.6. The molecule has 0 heterocycles. The van der Waals surface area contributed by atoms with Crippen molar-refractivity contribution >= 4 is 6.03 Å². The molecule has 1 rings (SSSR count). The number of carbonyl (C=O) groups is 1. The average Bonchev–Trinajstić information content (AvgIpc) is 2.29. The summed E-state index contributed by atoms with van der Waals surface area (Å²) in [6, 6.07) is 5.96. The lowest BCUT2D eigenvalue weighted by Crippen LogP contribution is -2.47. The Balaban J connectivity index is 2.64. The molecule has 0 fully saturated rings. The Hall–Kier alpha value is -1.62. The minimum atomic E-state index is -0.797. The van der Waals surface area contributed by atoms with Gasteiger partial charge in [0, 0.05) is 18.7 Å². The molecule has 5 heteroatoms. The molecule has 0 unspecified atom stereocenters. The molecule has 1 aromatic carbocycles. The zero-order valence-electron chi connectivity index (χ0n) is 10.7. The van der Waals surface area contributed by atoms with Gasteiger partial charge in [-0.25, -0.2) is 9.18 Å². The first-order valence-corrected chi connectivity index (χ1v) is 5.89. The third-order valence-electron chi connectivity index (χ3n) is 2.59. The average molecular weight is 254 g/mol. The van der Waals surface area contributed by atoms with Crippen LogP contribution in [-0.4, -0.2) is 24.3 Å². The van der Waals surface area contributed by atoms with Crippen LogP contribution in [0.2, 0.25) is 0 Å². The van der Waals surface area contributed by atoms with Gasteiger partial charge >= 0.3 is 6.03 Å². The summed E-state index contributed by atoms with van der Waals surface area (Å²) in [6.07, 6.45) is 0.494. The van der Waals surface area contributed by atoms with Crippen LogP contribution in [-0.2, 0) is 5.54 Å². The van der Waals surface area contributed by atoms with Crippen molar-refractivity contribution in [3.8, 4) is 0 Å². The number of carbonyl (C=O) groups excluding carboxylic acids is 1. The van der Waals surface area contributed by atoms with Gasteiger partial charge in [0.05, 0.1) is 5.54 Å². The number of hydrogen-bond donors (Lipinski definition) is 3. The molecule has 100 valence electrons. The molecule has 0 aliphatic rings. The molecule has 0 aromatic heterocycles. The predicted octanol–water partition coefficient (Wildman–Crippen LogP) is 1.74. The fraction of sp³-hybridized carbons (Fsp3) is 0.462. The third kappa shape index (κ3) is 4.00. The van der Waals surface area contributed by atoms with Gasteiger partial charge in [-0.05, 0) is 26.3 Å². The second-order valence-electron chi connectivity index (χ2n) is 4.56. The lowest BCUT2D eigenvalue weighted by atomic mass is 9.94. The summed E-state index contributed by atoms with van der Waals surface area (Å²) in [5.41, 5.74) is -0.364. The minimum absolute atomic E-state index is 0.0248. The molecular formula is C13H19FN2O2. The summed E-state index contributed by atoms with van der Waals surface area (Å²) in [7, 11) is 0. The van der Waals surface area contributed by atoms with E-state index in [1.807, 2.05) is 0 Å². The van der Waals surface area contributed by atoms with Gasteiger partial charge in [0.15, 0.2) is 0 Å². The second kappa shape index (κ2) is 6.35. The molecule has 4 nitrogen and oxygen atoms in total.